The van der Waals surface area contributed by atoms with Crippen LogP contribution in [-0.4, -0.2) is 15.7 Å². The third-order valence-corrected chi connectivity index (χ3v) is 3.96. The van der Waals surface area contributed by atoms with Gasteiger partial charge in [0.05, 0.1) is 6.54 Å². The lowest BCUT2D eigenvalue weighted by molar-refractivity contribution is 0.102. The highest BCUT2D eigenvalue weighted by atomic mass is 19.1. The van der Waals surface area contributed by atoms with Crippen LogP contribution in [0.1, 0.15) is 27.2 Å². The lowest BCUT2D eigenvalue weighted by Gasteiger charge is -2.10. The molecule has 0 aliphatic rings. The number of halogens is 1. The SMILES string of the molecule is Cc1ccc(C)c(NC(=O)c2ccc(=O)n(Cc3cccc(F)c3)n2)c1. The summed E-state index contributed by atoms with van der Waals surface area (Å²) in [5.74, 6) is -0.800. The number of nitrogens with zero attached hydrogens (tertiary/aromatic N) is 2. The van der Waals surface area contributed by atoms with Crippen molar-refractivity contribution in [2.75, 3.05) is 5.32 Å². The topological polar surface area (TPSA) is 64.0 Å². The normalized spacial score (nSPS) is 10.6. The summed E-state index contributed by atoms with van der Waals surface area (Å²) in [6.45, 7) is 3.92. The molecule has 3 aromatic rings. The molecule has 0 aliphatic carbocycles. The van der Waals surface area contributed by atoms with E-state index in [0.717, 1.165) is 15.8 Å². The van der Waals surface area contributed by atoms with E-state index in [9.17, 15) is 14.0 Å². The molecular weight excluding hydrogens is 333 g/mol. The number of rotatable bonds is 4. The zero-order chi connectivity index (χ0) is 18.7. The number of carbonyl (C=O) groups excluding carboxylic acids is 1. The molecule has 0 fully saturated rings. The van der Waals surface area contributed by atoms with Crippen LogP contribution in [-0.2, 0) is 6.54 Å². The van der Waals surface area contributed by atoms with Crippen LogP contribution < -0.4 is 10.9 Å². The average molecular weight is 351 g/mol. The Kier molecular flexibility index (Phi) is 4.93. The molecule has 0 aliphatic heterocycles. The third kappa shape index (κ3) is 4.03. The van der Waals surface area contributed by atoms with E-state index in [1.54, 1.807) is 12.1 Å². The maximum atomic E-state index is 13.3. The molecular formula is C20H18FN3O2. The summed E-state index contributed by atoms with van der Waals surface area (Å²) in [4.78, 5) is 24.5. The maximum absolute atomic E-state index is 13.3. The first-order valence-electron chi connectivity index (χ1n) is 8.13. The summed E-state index contributed by atoms with van der Waals surface area (Å²) >= 11 is 0. The fraction of sp³-hybridized carbons (Fsp3) is 0.150. The number of amides is 1. The van der Waals surface area contributed by atoms with Crippen LogP contribution in [0.5, 0.6) is 0 Å². The first-order chi connectivity index (χ1) is 12.4. The predicted molar refractivity (Wildman–Crippen MR) is 97.9 cm³/mol. The monoisotopic (exact) mass is 351 g/mol. The Labute approximate surface area is 150 Å². The van der Waals surface area contributed by atoms with E-state index >= 15 is 0 Å². The number of nitrogens with one attached hydrogen (secondary N) is 1. The minimum Gasteiger partial charge on any atom is -0.320 e. The Morgan fingerprint density at radius 2 is 1.92 bits per heavy atom. The van der Waals surface area contributed by atoms with Crippen molar-refractivity contribution in [1.82, 2.24) is 9.78 Å². The minimum absolute atomic E-state index is 0.0845. The van der Waals surface area contributed by atoms with Crippen molar-refractivity contribution in [2.24, 2.45) is 0 Å². The van der Waals surface area contributed by atoms with Crippen LogP contribution in [0.25, 0.3) is 0 Å². The number of benzene rings is 2. The molecule has 0 saturated carbocycles. The third-order valence-electron chi connectivity index (χ3n) is 3.96. The number of hydrogen-bond donors (Lipinski definition) is 1. The summed E-state index contributed by atoms with van der Waals surface area (Å²) in [5.41, 5.74) is 2.98. The maximum Gasteiger partial charge on any atom is 0.276 e. The van der Waals surface area contributed by atoms with E-state index in [2.05, 4.69) is 10.4 Å². The van der Waals surface area contributed by atoms with Gasteiger partial charge in [-0.15, -0.1) is 0 Å². The summed E-state index contributed by atoms with van der Waals surface area (Å²) in [6.07, 6.45) is 0. The standard InChI is InChI=1S/C20H18FN3O2/c1-13-6-7-14(2)18(10-13)22-20(26)17-8-9-19(25)24(23-17)12-15-4-3-5-16(21)11-15/h3-11H,12H2,1-2H3,(H,22,26). The van der Waals surface area contributed by atoms with Crippen LogP contribution in [0.15, 0.2) is 59.4 Å². The van der Waals surface area contributed by atoms with Crippen molar-refractivity contribution < 1.29 is 9.18 Å². The molecule has 132 valence electrons. The van der Waals surface area contributed by atoms with Gasteiger partial charge >= 0.3 is 0 Å². The molecule has 2 aromatic carbocycles. The Morgan fingerprint density at radius 1 is 1.12 bits per heavy atom. The molecule has 0 bridgehead atoms. The van der Waals surface area contributed by atoms with Crippen molar-refractivity contribution in [1.29, 1.82) is 0 Å². The van der Waals surface area contributed by atoms with Crippen LogP contribution in [0.4, 0.5) is 10.1 Å². The number of carbonyl (C=O) groups is 1. The van der Waals surface area contributed by atoms with Crippen LogP contribution in [0.2, 0.25) is 0 Å². The van der Waals surface area contributed by atoms with Gasteiger partial charge in [0.15, 0.2) is 0 Å². The molecule has 3 rings (SSSR count). The summed E-state index contributed by atoms with van der Waals surface area (Å²) in [7, 11) is 0. The van der Waals surface area contributed by atoms with E-state index < -0.39 is 5.91 Å². The Hall–Kier alpha value is -3.28. The Morgan fingerprint density at radius 3 is 2.69 bits per heavy atom. The molecule has 6 heteroatoms. The summed E-state index contributed by atoms with van der Waals surface area (Å²) in [5, 5.41) is 6.93. The predicted octanol–water partition coefficient (Wildman–Crippen LogP) is 3.30. The molecule has 0 spiro atoms. The number of hydrogen-bond acceptors (Lipinski definition) is 3. The van der Waals surface area contributed by atoms with Gasteiger partial charge in [0.25, 0.3) is 11.5 Å². The summed E-state index contributed by atoms with van der Waals surface area (Å²) < 4.78 is 14.5. The molecule has 26 heavy (non-hydrogen) atoms. The summed E-state index contributed by atoms with van der Waals surface area (Å²) in [6, 6.07) is 14.3. The number of aromatic nitrogens is 2. The molecule has 0 unspecified atom stereocenters. The first kappa shape index (κ1) is 17.5. The number of aryl methyl sites for hydroxylation is 2. The van der Waals surface area contributed by atoms with Gasteiger partial charge in [-0.25, -0.2) is 9.07 Å². The molecule has 1 amide bonds. The van der Waals surface area contributed by atoms with Gasteiger partial charge in [-0.2, -0.15) is 5.10 Å². The van der Waals surface area contributed by atoms with Gasteiger partial charge in [-0.3, -0.25) is 9.59 Å². The van der Waals surface area contributed by atoms with Crippen molar-refractivity contribution in [3.8, 4) is 0 Å². The highest BCUT2D eigenvalue weighted by molar-refractivity contribution is 6.03. The average Bonchev–Trinajstić information content (AvgIpc) is 2.60. The zero-order valence-electron chi connectivity index (χ0n) is 14.5. The lowest BCUT2D eigenvalue weighted by atomic mass is 10.1. The van der Waals surface area contributed by atoms with E-state index in [4.69, 9.17) is 0 Å². The van der Waals surface area contributed by atoms with E-state index in [1.807, 2.05) is 32.0 Å². The van der Waals surface area contributed by atoms with E-state index in [-0.39, 0.29) is 23.6 Å². The fourth-order valence-electron chi connectivity index (χ4n) is 2.55. The van der Waals surface area contributed by atoms with Gasteiger partial charge in [0.2, 0.25) is 0 Å². The second-order valence-corrected chi connectivity index (χ2v) is 6.12. The van der Waals surface area contributed by atoms with Crippen LogP contribution in [0, 0.1) is 19.7 Å². The van der Waals surface area contributed by atoms with Crippen molar-refractivity contribution >= 4 is 11.6 Å². The van der Waals surface area contributed by atoms with Crippen LogP contribution in [0.3, 0.4) is 0 Å². The lowest BCUT2D eigenvalue weighted by Crippen LogP contribution is -2.26. The Bertz CT molecular complexity index is 1030. The van der Waals surface area contributed by atoms with Gasteiger partial charge in [-0.1, -0.05) is 24.3 Å². The Balaban J connectivity index is 1.85. The van der Waals surface area contributed by atoms with Gasteiger partial charge < -0.3 is 5.32 Å². The van der Waals surface area contributed by atoms with Crippen molar-refractivity contribution in [3.63, 3.8) is 0 Å². The van der Waals surface area contributed by atoms with E-state index in [1.165, 1.54) is 24.3 Å². The molecule has 0 saturated heterocycles. The second kappa shape index (κ2) is 7.31. The smallest absolute Gasteiger partial charge is 0.276 e. The molecule has 1 aromatic heterocycles. The van der Waals surface area contributed by atoms with E-state index in [0.29, 0.717) is 11.3 Å². The minimum atomic E-state index is -0.410. The second-order valence-electron chi connectivity index (χ2n) is 6.12. The first-order valence-corrected chi connectivity index (χ1v) is 8.13. The molecule has 0 radical (unpaired) electrons. The molecule has 5 nitrogen and oxygen atoms in total. The van der Waals surface area contributed by atoms with Gasteiger partial charge in [0.1, 0.15) is 11.5 Å². The molecule has 0 atom stereocenters. The van der Waals surface area contributed by atoms with Crippen molar-refractivity contribution in [2.45, 2.75) is 20.4 Å². The number of anilines is 1. The molecule has 1 heterocycles. The van der Waals surface area contributed by atoms with Gasteiger partial charge in [-0.05, 0) is 54.8 Å². The van der Waals surface area contributed by atoms with Gasteiger partial charge in [0, 0.05) is 11.8 Å². The quantitative estimate of drug-likeness (QED) is 0.784. The zero-order valence-corrected chi connectivity index (χ0v) is 14.5. The van der Waals surface area contributed by atoms with Crippen LogP contribution >= 0.6 is 0 Å². The highest BCUT2D eigenvalue weighted by Gasteiger charge is 2.12. The highest BCUT2D eigenvalue weighted by Crippen LogP contribution is 2.17. The fourth-order valence-corrected chi connectivity index (χ4v) is 2.55. The van der Waals surface area contributed by atoms with Crippen molar-refractivity contribution in [3.05, 3.63) is 93.2 Å². The largest absolute Gasteiger partial charge is 0.320 e. The molecule has 1 N–H and O–H groups in total.